The first-order valence-corrected chi connectivity index (χ1v) is 8.75. The van der Waals surface area contributed by atoms with Crippen LogP contribution in [-0.2, 0) is 9.47 Å². The van der Waals surface area contributed by atoms with E-state index in [1.54, 1.807) is 29.2 Å². The second-order valence-electron chi connectivity index (χ2n) is 5.86. The van der Waals surface area contributed by atoms with E-state index in [0.717, 1.165) is 6.07 Å². The van der Waals surface area contributed by atoms with Crippen LogP contribution in [0.15, 0.2) is 48.5 Å². The van der Waals surface area contributed by atoms with Crippen molar-refractivity contribution in [3.8, 4) is 0 Å². The second kappa shape index (κ2) is 8.83. The van der Waals surface area contributed by atoms with Crippen molar-refractivity contribution < 1.29 is 23.5 Å². The average Bonchev–Trinajstić information content (AvgIpc) is 2.69. The van der Waals surface area contributed by atoms with Gasteiger partial charge in [-0.15, -0.1) is 0 Å². The van der Waals surface area contributed by atoms with Crippen molar-refractivity contribution in [1.29, 1.82) is 0 Å². The van der Waals surface area contributed by atoms with E-state index in [9.17, 15) is 14.0 Å². The number of carbonyl (C=O) groups is 2. The van der Waals surface area contributed by atoms with Crippen molar-refractivity contribution in [3.05, 3.63) is 64.9 Å². The summed E-state index contributed by atoms with van der Waals surface area (Å²) in [6, 6.07) is 11.5. The molecule has 0 atom stereocenters. The van der Waals surface area contributed by atoms with Crippen LogP contribution in [0.2, 0.25) is 5.02 Å². The van der Waals surface area contributed by atoms with Gasteiger partial charge in [0, 0.05) is 23.8 Å². The third kappa shape index (κ3) is 4.96. The van der Waals surface area contributed by atoms with Gasteiger partial charge in [-0.2, -0.15) is 0 Å². The molecule has 6 nitrogen and oxygen atoms in total. The largest absolute Gasteiger partial charge is 0.440 e. The molecule has 1 heterocycles. The van der Waals surface area contributed by atoms with Crippen molar-refractivity contribution in [2.24, 2.45) is 0 Å². The average molecular weight is 393 g/mol. The molecule has 142 valence electrons. The molecule has 0 saturated carbocycles. The van der Waals surface area contributed by atoms with E-state index in [-0.39, 0.29) is 18.3 Å². The number of carbonyl (C=O) groups excluding carboxylic acids is 2. The fourth-order valence-electron chi connectivity index (χ4n) is 2.61. The van der Waals surface area contributed by atoms with Crippen molar-refractivity contribution in [2.75, 3.05) is 37.9 Å². The first-order chi connectivity index (χ1) is 13.0. The molecular formula is C19H18ClFN2O4. The van der Waals surface area contributed by atoms with E-state index >= 15 is 0 Å². The maximum atomic E-state index is 13.3. The third-order valence-corrected chi connectivity index (χ3v) is 4.29. The summed E-state index contributed by atoms with van der Waals surface area (Å²) < 4.78 is 23.8. The van der Waals surface area contributed by atoms with E-state index < -0.39 is 11.8 Å². The number of hydrogen-bond acceptors (Lipinski definition) is 4. The van der Waals surface area contributed by atoms with Crippen LogP contribution in [0.4, 0.5) is 14.9 Å². The summed E-state index contributed by atoms with van der Waals surface area (Å²) in [5, 5.41) is 0.522. The Labute approximate surface area is 161 Å². The van der Waals surface area contributed by atoms with Gasteiger partial charge in [-0.1, -0.05) is 17.7 Å². The van der Waals surface area contributed by atoms with Crippen LogP contribution in [-0.4, -0.2) is 49.9 Å². The molecule has 2 aromatic rings. The summed E-state index contributed by atoms with van der Waals surface area (Å²) in [6.07, 6.45) is 0. The van der Waals surface area contributed by atoms with E-state index in [1.165, 1.54) is 23.1 Å². The Morgan fingerprint density at radius 2 is 1.85 bits per heavy atom. The molecule has 1 saturated heterocycles. The summed E-state index contributed by atoms with van der Waals surface area (Å²) in [6.45, 7) is 1.47. The first-order valence-electron chi connectivity index (χ1n) is 8.37. The van der Waals surface area contributed by atoms with Crippen LogP contribution < -0.4 is 4.90 Å². The number of ether oxygens (including phenoxy) is 2. The molecule has 0 aliphatic carbocycles. The van der Waals surface area contributed by atoms with Crippen molar-refractivity contribution >= 4 is 29.3 Å². The molecule has 0 unspecified atom stereocenters. The van der Waals surface area contributed by atoms with Gasteiger partial charge in [-0.25, -0.2) is 14.0 Å². The highest BCUT2D eigenvalue weighted by Gasteiger charge is 2.25. The zero-order valence-corrected chi connectivity index (χ0v) is 15.2. The SMILES string of the molecule is O=C(OCN(C(=O)N1CCOCC1)c1ccc(Cl)cc1)c1cccc(F)c1. The Bertz CT molecular complexity index is 810. The molecule has 1 aliphatic rings. The number of benzene rings is 2. The number of morpholine rings is 1. The van der Waals surface area contributed by atoms with Crippen molar-refractivity contribution in [3.63, 3.8) is 0 Å². The molecular weight excluding hydrogens is 375 g/mol. The number of anilines is 1. The Hall–Kier alpha value is -2.64. The zero-order chi connectivity index (χ0) is 19.2. The van der Waals surface area contributed by atoms with Crippen LogP contribution in [0.25, 0.3) is 0 Å². The monoisotopic (exact) mass is 392 g/mol. The lowest BCUT2D eigenvalue weighted by Gasteiger charge is -2.32. The molecule has 2 amide bonds. The van der Waals surface area contributed by atoms with Gasteiger partial charge in [-0.3, -0.25) is 4.90 Å². The molecule has 8 heteroatoms. The molecule has 0 aromatic heterocycles. The minimum atomic E-state index is -0.719. The summed E-state index contributed by atoms with van der Waals surface area (Å²) >= 11 is 5.92. The normalized spacial score (nSPS) is 13.9. The maximum Gasteiger partial charge on any atom is 0.339 e. The lowest BCUT2D eigenvalue weighted by Crippen LogP contribution is -2.49. The van der Waals surface area contributed by atoms with Gasteiger partial charge in [0.1, 0.15) is 5.82 Å². The highest BCUT2D eigenvalue weighted by atomic mass is 35.5. The van der Waals surface area contributed by atoms with Gasteiger partial charge < -0.3 is 14.4 Å². The van der Waals surface area contributed by atoms with Crippen LogP contribution in [0.5, 0.6) is 0 Å². The number of hydrogen-bond donors (Lipinski definition) is 0. The summed E-state index contributed by atoms with van der Waals surface area (Å²) in [7, 11) is 0. The number of esters is 1. The van der Waals surface area contributed by atoms with Crippen LogP contribution in [0.3, 0.4) is 0 Å². The van der Waals surface area contributed by atoms with Crippen LogP contribution >= 0.6 is 11.6 Å². The first kappa shape index (κ1) is 19.1. The molecule has 2 aromatic carbocycles. The lowest BCUT2D eigenvalue weighted by molar-refractivity contribution is 0.0453. The number of nitrogens with zero attached hydrogens (tertiary/aromatic N) is 2. The highest BCUT2D eigenvalue weighted by molar-refractivity contribution is 6.30. The van der Waals surface area contributed by atoms with Crippen LogP contribution in [0.1, 0.15) is 10.4 Å². The Morgan fingerprint density at radius 3 is 2.52 bits per heavy atom. The summed E-state index contributed by atoms with van der Waals surface area (Å²) in [5.41, 5.74) is 0.604. The molecule has 0 N–H and O–H groups in total. The fourth-order valence-corrected chi connectivity index (χ4v) is 2.73. The maximum absolute atomic E-state index is 13.3. The smallest absolute Gasteiger partial charge is 0.339 e. The Balaban J connectivity index is 1.75. The quantitative estimate of drug-likeness (QED) is 0.589. The summed E-state index contributed by atoms with van der Waals surface area (Å²) in [4.78, 5) is 28.1. The van der Waals surface area contributed by atoms with Crippen molar-refractivity contribution in [2.45, 2.75) is 0 Å². The van der Waals surface area contributed by atoms with Gasteiger partial charge in [0.25, 0.3) is 0 Å². The minimum Gasteiger partial charge on any atom is -0.440 e. The van der Waals surface area contributed by atoms with E-state index in [2.05, 4.69) is 0 Å². The van der Waals surface area contributed by atoms with Gasteiger partial charge in [0.15, 0.2) is 6.73 Å². The molecule has 1 fully saturated rings. The molecule has 3 rings (SSSR count). The zero-order valence-electron chi connectivity index (χ0n) is 14.4. The highest BCUT2D eigenvalue weighted by Crippen LogP contribution is 2.20. The van der Waals surface area contributed by atoms with Gasteiger partial charge in [-0.05, 0) is 42.5 Å². The number of amides is 2. The Kier molecular flexibility index (Phi) is 6.26. The summed E-state index contributed by atoms with van der Waals surface area (Å²) in [5.74, 6) is -1.26. The second-order valence-corrected chi connectivity index (χ2v) is 6.29. The predicted molar refractivity (Wildman–Crippen MR) is 98.4 cm³/mol. The lowest BCUT2D eigenvalue weighted by atomic mass is 10.2. The Morgan fingerprint density at radius 1 is 1.15 bits per heavy atom. The van der Waals surface area contributed by atoms with E-state index in [0.29, 0.717) is 37.0 Å². The molecule has 0 bridgehead atoms. The number of urea groups is 1. The van der Waals surface area contributed by atoms with Crippen molar-refractivity contribution in [1.82, 2.24) is 4.90 Å². The number of halogens is 2. The third-order valence-electron chi connectivity index (χ3n) is 4.04. The molecule has 27 heavy (non-hydrogen) atoms. The van der Waals surface area contributed by atoms with Gasteiger partial charge in [0.05, 0.1) is 18.8 Å². The standard InChI is InChI=1S/C19H18ClFN2O4/c20-15-4-6-17(7-5-15)23(19(25)22-8-10-26-11-9-22)13-27-18(24)14-2-1-3-16(21)12-14/h1-7,12H,8-11,13H2. The predicted octanol–water partition coefficient (Wildman–Crippen LogP) is 3.55. The van der Waals surface area contributed by atoms with Crippen LogP contribution in [0, 0.1) is 5.82 Å². The molecule has 0 spiro atoms. The van der Waals surface area contributed by atoms with E-state index in [4.69, 9.17) is 21.1 Å². The van der Waals surface area contributed by atoms with Gasteiger partial charge in [0.2, 0.25) is 0 Å². The van der Waals surface area contributed by atoms with E-state index in [1.807, 2.05) is 0 Å². The molecule has 1 aliphatic heterocycles. The molecule has 0 radical (unpaired) electrons. The fraction of sp³-hybridized carbons (Fsp3) is 0.263. The van der Waals surface area contributed by atoms with Gasteiger partial charge >= 0.3 is 12.0 Å². The number of rotatable bonds is 4. The minimum absolute atomic E-state index is 0.0740. The topological polar surface area (TPSA) is 59.1 Å².